The van der Waals surface area contributed by atoms with Crippen molar-refractivity contribution in [2.24, 2.45) is 0 Å². The Morgan fingerprint density at radius 3 is 2.80 bits per heavy atom. The van der Waals surface area contributed by atoms with Gasteiger partial charge >= 0.3 is 0 Å². The number of anilines is 1. The molecule has 0 atom stereocenters. The zero-order chi connectivity index (χ0) is 20.8. The van der Waals surface area contributed by atoms with Crippen LogP contribution in [0.3, 0.4) is 0 Å². The number of rotatable bonds is 3. The molecule has 4 aromatic rings. The van der Waals surface area contributed by atoms with Gasteiger partial charge in [0.25, 0.3) is 5.56 Å². The fourth-order valence-electron chi connectivity index (χ4n) is 4.03. The van der Waals surface area contributed by atoms with Gasteiger partial charge in [-0.15, -0.1) is 11.3 Å². The van der Waals surface area contributed by atoms with Crippen LogP contribution in [0.2, 0.25) is 0 Å². The van der Waals surface area contributed by atoms with Gasteiger partial charge < -0.3 is 4.90 Å². The maximum atomic E-state index is 13.3. The maximum Gasteiger partial charge on any atom is 0.263 e. The molecule has 1 aliphatic heterocycles. The Bertz CT molecular complexity index is 1350. The summed E-state index contributed by atoms with van der Waals surface area (Å²) in [6, 6.07) is 14.1. The molecule has 0 saturated heterocycles. The molecule has 3 heterocycles. The summed E-state index contributed by atoms with van der Waals surface area (Å²) in [6.45, 7) is 4.77. The first kappa shape index (κ1) is 18.8. The molecule has 0 unspecified atom stereocenters. The van der Waals surface area contributed by atoms with Gasteiger partial charge in [0.05, 0.1) is 11.7 Å². The second-order valence-electron chi connectivity index (χ2n) is 7.73. The molecule has 150 valence electrons. The van der Waals surface area contributed by atoms with Crippen molar-refractivity contribution in [3.05, 3.63) is 81.2 Å². The molecule has 5 rings (SSSR count). The van der Waals surface area contributed by atoms with E-state index in [9.17, 15) is 9.59 Å². The molecule has 0 saturated carbocycles. The van der Waals surface area contributed by atoms with E-state index in [0.29, 0.717) is 16.8 Å². The molecule has 6 heteroatoms. The minimum atomic E-state index is -0.171. The van der Waals surface area contributed by atoms with Crippen molar-refractivity contribution in [1.82, 2.24) is 9.55 Å². The highest BCUT2D eigenvalue weighted by molar-refractivity contribution is 7.17. The quantitative estimate of drug-likeness (QED) is 0.500. The predicted octanol–water partition coefficient (Wildman–Crippen LogP) is 4.33. The summed E-state index contributed by atoms with van der Waals surface area (Å²) in [4.78, 5) is 33.2. The standard InChI is InChI=1S/C24H21N3O2S/c1-15-7-8-18(11-16(15)2)19-13-30-23-22(19)24(29)26(14-25-23)12-21(28)27-10-9-17-5-3-4-6-20(17)27/h3-8,11,13-14H,9-10,12H2,1-2H3. The summed E-state index contributed by atoms with van der Waals surface area (Å²) in [6.07, 6.45) is 2.33. The molecule has 0 spiro atoms. The number of thiophene rings is 1. The molecule has 0 aliphatic carbocycles. The molecule has 30 heavy (non-hydrogen) atoms. The molecule has 1 amide bonds. The van der Waals surface area contributed by atoms with Crippen molar-refractivity contribution >= 4 is 33.1 Å². The molecule has 5 nitrogen and oxygen atoms in total. The first-order chi connectivity index (χ1) is 14.5. The number of benzene rings is 2. The third kappa shape index (κ3) is 3.04. The van der Waals surface area contributed by atoms with E-state index >= 15 is 0 Å². The second kappa shape index (κ2) is 7.22. The molecule has 0 N–H and O–H groups in total. The van der Waals surface area contributed by atoms with Gasteiger partial charge in [0.15, 0.2) is 0 Å². The highest BCUT2D eigenvalue weighted by Gasteiger charge is 2.25. The monoisotopic (exact) mass is 415 g/mol. The zero-order valence-corrected chi connectivity index (χ0v) is 17.7. The average molecular weight is 416 g/mol. The molecule has 1 aliphatic rings. The SMILES string of the molecule is Cc1ccc(-c2csc3ncn(CC(=O)N4CCc5ccccc54)c(=O)c23)cc1C. The van der Waals surface area contributed by atoms with Gasteiger partial charge in [0, 0.05) is 23.2 Å². The van der Waals surface area contributed by atoms with Crippen LogP contribution < -0.4 is 10.5 Å². The Kier molecular flexibility index (Phi) is 4.51. The number of hydrogen-bond acceptors (Lipinski definition) is 4. The Hall–Kier alpha value is -3.25. The van der Waals surface area contributed by atoms with Gasteiger partial charge in [-0.2, -0.15) is 0 Å². The first-order valence-electron chi connectivity index (χ1n) is 9.95. The number of hydrogen-bond donors (Lipinski definition) is 0. The van der Waals surface area contributed by atoms with Gasteiger partial charge in [0.2, 0.25) is 5.91 Å². The highest BCUT2D eigenvalue weighted by Crippen LogP contribution is 2.32. The molecule has 2 aromatic heterocycles. The smallest absolute Gasteiger partial charge is 0.263 e. The second-order valence-corrected chi connectivity index (χ2v) is 8.59. The highest BCUT2D eigenvalue weighted by atomic mass is 32.1. The van der Waals surface area contributed by atoms with Gasteiger partial charge in [-0.3, -0.25) is 14.2 Å². The van der Waals surface area contributed by atoms with Gasteiger partial charge in [-0.25, -0.2) is 4.98 Å². The van der Waals surface area contributed by atoms with E-state index in [4.69, 9.17) is 0 Å². The van der Waals surface area contributed by atoms with Crippen LogP contribution in [0.15, 0.2) is 59.0 Å². The lowest BCUT2D eigenvalue weighted by Gasteiger charge is -2.18. The van der Waals surface area contributed by atoms with E-state index in [-0.39, 0.29) is 18.0 Å². The molecular formula is C24H21N3O2S. The van der Waals surface area contributed by atoms with Crippen LogP contribution in [0.4, 0.5) is 5.69 Å². The molecular weight excluding hydrogens is 394 g/mol. The lowest BCUT2D eigenvalue weighted by Crippen LogP contribution is -2.35. The number of amides is 1. The summed E-state index contributed by atoms with van der Waals surface area (Å²) < 4.78 is 1.43. The van der Waals surface area contributed by atoms with Crippen molar-refractivity contribution in [2.75, 3.05) is 11.4 Å². The van der Waals surface area contributed by atoms with E-state index in [0.717, 1.165) is 23.2 Å². The molecule has 0 fully saturated rings. The third-order valence-electron chi connectivity index (χ3n) is 5.87. The van der Waals surface area contributed by atoms with E-state index in [2.05, 4.69) is 31.0 Å². The van der Waals surface area contributed by atoms with Crippen molar-refractivity contribution in [1.29, 1.82) is 0 Å². The van der Waals surface area contributed by atoms with Crippen LogP contribution in [0, 0.1) is 13.8 Å². The summed E-state index contributed by atoms with van der Waals surface area (Å²) in [5, 5.41) is 2.56. The van der Waals surface area contributed by atoms with Crippen molar-refractivity contribution in [3.63, 3.8) is 0 Å². The lowest BCUT2D eigenvalue weighted by atomic mass is 10.0. The largest absolute Gasteiger partial charge is 0.310 e. The van der Waals surface area contributed by atoms with Gasteiger partial charge in [-0.05, 0) is 48.6 Å². The van der Waals surface area contributed by atoms with Crippen LogP contribution in [-0.2, 0) is 17.8 Å². The fourth-order valence-corrected chi connectivity index (χ4v) is 4.94. The number of aromatic nitrogens is 2. The van der Waals surface area contributed by atoms with Gasteiger partial charge in [0.1, 0.15) is 11.4 Å². The average Bonchev–Trinajstić information content (AvgIpc) is 3.37. The number of aryl methyl sites for hydroxylation is 2. The summed E-state index contributed by atoms with van der Waals surface area (Å²) in [5.41, 5.74) is 6.21. The first-order valence-corrected chi connectivity index (χ1v) is 10.8. The van der Waals surface area contributed by atoms with E-state index in [1.807, 2.05) is 35.7 Å². The number of carbonyl (C=O) groups is 1. The van der Waals surface area contributed by atoms with Crippen molar-refractivity contribution in [2.45, 2.75) is 26.8 Å². The Morgan fingerprint density at radius 1 is 1.13 bits per heavy atom. The van der Waals surface area contributed by atoms with Crippen LogP contribution in [0.25, 0.3) is 21.3 Å². The topological polar surface area (TPSA) is 55.2 Å². The Labute approximate surface area is 178 Å². The lowest BCUT2D eigenvalue weighted by molar-refractivity contribution is -0.119. The van der Waals surface area contributed by atoms with Crippen molar-refractivity contribution in [3.8, 4) is 11.1 Å². The van der Waals surface area contributed by atoms with Crippen LogP contribution in [0.5, 0.6) is 0 Å². The normalized spacial score (nSPS) is 13.1. The molecule has 0 radical (unpaired) electrons. The molecule has 2 aromatic carbocycles. The summed E-state index contributed by atoms with van der Waals surface area (Å²) in [7, 11) is 0. The van der Waals surface area contributed by atoms with Crippen molar-refractivity contribution < 1.29 is 4.79 Å². The van der Waals surface area contributed by atoms with E-state index in [1.54, 1.807) is 4.90 Å². The number of carbonyl (C=O) groups excluding carboxylic acids is 1. The third-order valence-corrected chi connectivity index (χ3v) is 6.76. The predicted molar refractivity (Wildman–Crippen MR) is 121 cm³/mol. The molecule has 0 bridgehead atoms. The maximum absolute atomic E-state index is 13.3. The number of nitrogens with zero attached hydrogens (tertiary/aromatic N) is 3. The minimum Gasteiger partial charge on any atom is -0.310 e. The van der Waals surface area contributed by atoms with Gasteiger partial charge in [-0.1, -0.05) is 36.4 Å². The van der Waals surface area contributed by atoms with Crippen LogP contribution in [-0.4, -0.2) is 22.0 Å². The minimum absolute atomic E-state index is 0.0156. The Morgan fingerprint density at radius 2 is 1.97 bits per heavy atom. The fraction of sp³-hybridized carbons (Fsp3) is 0.208. The summed E-state index contributed by atoms with van der Waals surface area (Å²) >= 11 is 1.46. The van der Waals surface area contributed by atoms with E-state index < -0.39 is 0 Å². The summed E-state index contributed by atoms with van der Waals surface area (Å²) in [5.74, 6) is -0.0915. The number of para-hydroxylation sites is 1. The van der Waals surface area contributed by atoms with E-state index in [1.165, 1.54) is 38.9 Å². The number of fused-ring (bicyclic) bond motifs is 2. The Balaban J connectivity index is 1.52. The zero-order valence-electron chi connectivity index (χ0n) is 16.9. The van der Waals surface area contributed by atoms with Crippen LogP contribution in [0.1, 0.15) is 16.7 Å². The van der Waals surface area contributed by atoms with Crippen LogP contribution >= 0.6 is 11.3 Å².